The lowest BCUT2D eigenvalue weighted by Gasteiger charge is -2.16. The molecule has 0 saturated carbocycles. The predicted octanol–water partition coefficient (Wildman–Crippen LogP) is 3.40. The fourth-order valence-electron chi connectivity index (χ4n) is 1.21. The summed E-state index contributed by atoms with van der Waals surface area (Å²) < 4.78 is 0. The second-order valence-corrected chi connectivity index (χ2v) is 4.84. The first kappa shape index (κ1) is 13.2. The van der Waals surface area contributed by atoms with E-state index in [1.54, 1.807) is 6.07 Å². The molecule has 0 aliphatic heterocycles. The van der Waals surface area contributed by atoms with Crippen molar-refractivity contribution in [3.63, 3.8) is 0 Å². The van der Waals surface area contributed by atoms with Gasteiger partial charge < -0.3 is 5.32 Å². The van der Waals surface area contributed by atoms with Gasteiger partial charge in [-0.05, 0) is 11.8 Å². The van der Waals surface area contributed by atoms with E-state index < -0.39 is 0 Å². The second kappa shape index (κ2) is 6.04. The summed E-state index contributed by atoms with van der Waals surface area (Å²) in [4.78, 5) is 8.51. The van der Waals surface area contributed by atoms with Crippen molar-refractivity contribution in [3.05, 3.63) is 17.0 Å². The van der Waals surface area contributed by atoms with Gasteiger partial charge in [0.1, 0.15) is 16.8 Å². The summed E-state index contributed by atoms with van der Waals surface area (Å²) in [6.45, 7) is 9.59. The molecule has 0 aliphatic carbocycles. The normalized spacial score (nSPS) is 12.9. The van der Waals surface area contributed by atoms with E-state index in [1.165, 1.54) is 0 Å². The first-order chi connectivity index (χ1) is 7.52. The molecule has 0 radical (unpaired) electrons. The van der Waals surface area contributed by atoms with Crippen LogP contribution in [-0.4, -0.2) is 16.5 Å². The van der Waals surface area contributed by atoms with Crippen molar-refractivity contribution in [1.82, 2.24) is 9.97 Å². The van der Waals surface area contributed by atoms with Gasteiger partial charge in [0, 0.05) is 19.0 Å². The van der Waals surface area contributed by atoms with Gasteiger partial charge in [0.25, 0.3) is 0 Å². The van der Waals surface area contributed by atoms with Gasteiger partial charge in [-0.15, -0.1) is 0 Å². The Balaban J connectivity index is 2.63. The van der Waals surface area contributed by atoms with Crippen LogP contribution in [0, 0.1) is 11.8 Å². The quantitative estimate of drug-likeness (QED) is 0.803. The molecular formula is C12H20ClN3. The zero-order chi connectivity index (χ0) is 12.1. The molecular weight excluding hydrogens is 222 g/mol. The summed E-state index contributed by atoms with van der Waals surface area (Å²) in [5, 5.41) is 3.81. The first-order valence-electron chi connectivity index (χ1n) is 5.80. The highest BCUT2D eigenvalue weighted by atomic mass is 35.5. The summed E-state index contributed by atoms with van der Waals surface area (Å²) in [5.74, 6) is 2.88. The zero-order valence-electron chi connectivity index (χ0n) is 10.4. The van der Waals surface area contributed by atoms with E-state index in [1.807, 2.05) is 6.92 Å². The predicted molar refractivity (Wildman–Crippen MR) is 68.9 cm³/mol. The molecule has 1 rings (SSSR count). The number of hydrogen-bond acceptors (Lipinski definition) is 3. The maximum absolute atomic E-state index is 5.92. The first-order valence-corrected chi connectivity index (χ1v) is 6.18. The molecule has 3 nitrogen and oxygen atoms in total. The summed E-state index contributed by atoms with van der Waals surface area (Å²) >= 11 is 5.92. The Hall–Kier alpha value is -0.830. The monoisotopic (exact) mass is 241 g/mol. The van der Waals surface area contributed by atoms with Gasteiger partial charge in [-0.2, -0.15) is 0 Å². The maximum Gasteiger partial charge on any atom is 0.134 e. The van der Waals surface area contributed by atoms with Gasteiger partial charge in [0.05, 0.1) is 0 Å². The molecule has 0 amide bonds. The van der Waals surface area contributed by atoms with E-state index >= 15 is 0 Å². The van der Waals surface area contributed by atoms with E-state index in [4.69, 9.17) is 11.6 Å². The molecule has 90 valence electrons. The Kier molecular flexibility index (Phi) is 5.00. The third-order valence-corrected chi connectivity index (χ3v) is 2.99. The van der Waals surface area contributed by atoms with Gasteiger partial charge in [0.15, 0.2) is 0 Å². The zero-order valence-corrected chi connectivity index (χ0v) is 11.2. The minimum atomic E-state index is 0.506. The highest BCUT2D eigenvalue weighted by molar-refractivity contribution is 6.29. The van der Waals surface area contributed by atoms with Crippen LogP contribution < -0.4 is 5.32 Å². The minimum Gasteiger partial charge on any atom is -0.370 e. The molecule has 1 aromatic rings. The van der Waals surface area contributed by atoms with Gasteiger partial charge in [-0.3, -0.25) is 0 Å². The number of aryl methyl sites for hydroxylation is 1. The Bertz CT molecular complexity index is 339. The van der Waals surface area contributed by atoms with Crippen molar-refractivity contribution in [2.45, 2.75) is 34.1 Å². The second-order valence-electron chi connectivity index (χ2n) is 4.45. The Morgan fingerprint density at radius 1 is 1.31 bits per heavy atom. The minimum absolute atomic E-state index is 0.506. The Morgan fingerprint density at radius 2 is 2.00 bits per heavy atom. The Labute approximate surface area is 103 Å². The third-order valence-electron chi connectivity index (χ3n) is 2.80. The fourth-order valence-corrected chi connectivity index (χ4v) is 1.42. The van der Waals surface area contributed by atoms with Crippen molar-refractivity contribution in [2.75, 3.05) is 11.9 Å². The summed E-state index contributed by atoms with van der Waals surface area (Å²) in [6, 6.07) is 1.77. The number of halogens is 1. The van der Waals surface area contributed by atoms with Crippen LogP contribution in [0.5, 0.6) is 0 Å². The lowest BCUT2D eigenvalue weighted by atomic mass is 9.98. The molecule has 1 N–H and O–H groups in total. The van der Waals surface area contributed by atoms with Crippen LogP contribution in [0.15, 0.2) is 6.07 Å². The molecule has 0 fully saturated rings. The molecule has 0 aromatic carbocycles. The van der Waals surface area contributed by atoms with Crippen LogP contribution in [0.2, 0.25) is 5.15 Å². The van der Waals surface area contributed by atoms with E-state index in [0.29, 0.717) is 17.0 Å². The van der Waals surface area contributed by atoms with Crippen LogP contribution in [-0.2, 0) is 6.42 Å². The van der Waals surface area contributed by atoms with Crippen molar-refractivity contribution < 1.29 is 0 Å². The average Bonchev–Trinajstić information content (AvgIpc) is 2.24. The molecule has 0 spiro atoms. The van der Waals surface area contributed by atoms with Crippen molar-refractivity contribution in [2.24, 2.45) is 11.8 Å². The molecule has 1 heterocycles. The number of rotatable bonds is 5. The summed E-state index contributed by atoms with van der Waals surface area (Å²) in [5.41, 5.74) is 0. The van der Waals surface area contributed by atoms with Crippen LogP contribution >= 0.6 is 11.6 Å². The fraction of sp³-hybridized carbons (Fsp3) is 0.667. The smallest absolute Gasteiger partial charge is 0.134 e. The molecule has 4 heteroatoms. The number of aromatic nitrogens is 2. The lowest BCUT2D eigenvalue weighted by Crippen LogP contribution is -2.17. The molecule has 16 heavy (non-hydrogen) atoms. The van der Waals surface area contributed by atoms with Crippen molar-refractivity contribution in [3.8, 4) is 0 Å². The van der Waals surface area contributed by atoms with Gasteiger partial charge in [-0.1, -0.05) is 39.3 Å². The van der Waals surface area contributed by atoms with E-state index in [2.05, 4.69) is 36.1 Å². The van der Waals surface area contributed by atoms with Crippen LogP contribution in [0.25, 0.3) is 0 Å². The number of hydrogen-bond donors (Lipinski definition) is 1. The van der Waals surface area contributed by atoms with E-state index in [-0.39, 0.29) is 0 Å². The maximum atomic E-state index is 5.92. The molecule has 0 aliphatic rings. The van der Waals surface area contributed by atoms with E-state index in [0.717, 1.165) is 24.6 Å². The van der Waals surface area contributed by atoms with Gasteiger partial charge in [-0.25, -0.2) is 9.97 Å². The molecule has 1 atom stereocenters. The summed E-state index contributed by atoms with van der Waals surface area (Å²) in [6.07, 6.45) is 0.801. The van der Waals surface area contributed by atoms with Crippen molar-refractivity contribution in [1.29, 1.82) is 0 Å². The van der Waals surface area contributed by atoms with Crippen molar-refractivity contribution >= 4 is 17.4 Å². The van der Waals surface area contributed by atoms with Crippen LogP contribution in [0.4, 0.5) is 5.82 Å². The average molecular weight is 242 g/mol. The lowest BCUT2D eigenvalue weighted by molar-refractivity contribution is 0.439. The number of nitrogens with zero attached hydrogens (tertiary/aromatic N) is 2. The highest BCUT2D eigenvalue weighted by Gasteiger charge is 2.08. The van der Waals surface area contributed by atoms with Crippen LogP contribution in [0.1, 0.15) is 33.5 Å². The molecule has 1 unspecified atom stereocenters. The van der Waals surface area contributed by atoms with E-state index in [9.17, 15) is 0 Å². The standard InChI is InChI=1S/C12H20ClN3/c1-5-11-15-10(13)6-12(16-11)14-7-9(4)8(2)3/h6,8-9H,5,7H2,1-4H3,(H,14,15,16). The topological polar surface area (TPSA) is 37.8 Å². The third kappa shape index (κ3) is 3.97. The summed E-state index contributed by atoms with van der Waals surface area (Å²) in [7, 11) is 0. The SMILES string of the molecule is CCc1nc(Cl)cc(NCC(C)C(C)C)n1. The van der Waals surface area contributed by atoms with Gasteiger partial charge >= 0.3 is 0 Å². The largest absolute Gasteiger partial charge is 0.370 e. The van der Waals surface area contributed by atoms with Crippen LogP contribution in [0.3, 0.4) is 0 Å². The number of nitrogens with one attached hydrogen (secondary N) is 1. The highest BCUT2D eigenvalue weighted by Crippen LogP contribution is 2.14. The number of anilines is 1. The molecule has 0 saturated heterocycles. The molecule has 0 bridgehead atoms. The molecule has 1 aromatic heterocycles. The van der Waals surface area contributed by atoms with Gasteiger partial charge in [0.2, 0.25) is 0 Å². The Morgan fingerprint density at radius 3 is 2.56 bits per heavy atom.